The van der Waals surface area contributed by atoms with Crippen molar-refractivity contribution in [1.29, 1.82) is 0 Å². The van der Waals surface area contributed by atoms with Crippen LogP contribution in [0.4, 0.5) is 4.39 Å². The van der Waals surface area contributed by atoms with Crippen molar-refractivity contribution in [2.45, 2.75) is 37.7 Å². The molecular formula is C29H34ClFN4O2. The van der Waals surface area contributed by atoms with Crippen LogP contribution in [0.3, 0.4) is 0 Å². The number of carbonyl (C=O) groups is 1. The van der Waals surface area contributed by atoms with E-state index in [2.05, 4.69) is 32.8 Å². The third-order valence-corrected chi connectivity index (χ3v) is 8.58. The third-order valence-electron chi connectivity index (χ3n) is 8.33. The zero-order valence-corrected chi connectivity index (χ0v) is 22.0. The monoisotopic (exact) mass is 524 g/mol. The van der Waals surface area contributed by atoms with Gasteiger partial charge in [0.1, 0.15) is 18.0 Å². The average Bonchev–Trinajstić information content (AvgIpc) is 3.24. The van der Waals surface area contributed by atoms with Gasteiger partial charge in [-0.05, 0) is 50.3 Å². The van der Waals surface area contributed by atoms with Gasteiger partial charge in [0.05, 0.1) is 17.3 Å². The highest BCUT2D eigenvalue weighted by atomic mass is 35.5. The normalized spacial score (nSPS) is 27.4. The summed E-state index contributed by atoms with van der Waals surface area (Å²) in [5, 5.41) is 4.75. The summed E-state index contributed by atoms with van der Waals surface area (Å²) in [4.78, 5) is 18.8. The van der Waals surface area contributed by atoms with Gasteiger partial charge in [-0.1, -0.05) is 29.8 Å². The van der Waals surface area contributed by atoms with E-state index < -0.39 is 6.17 Å². The summed E-state index contributed by atoms with van der Waals surface area (Å²) in [6.07, 6.45) is 0.0901. The number of hydrogen-bond donors (Lipinski definition) is 1. The SMILES string of the molecule is CN1CCN(C2C[C@@H](Oc3ccc(Cl)cc3)c3c(c4ccccc4n3C[C@H]3CCNC[C@@H]3F)C2=O)CC1. The Morgan fingerprint density at radius 3 is 2.59 bits per heavy atom. The van der Waals surface area contributed by atoms with Crippen LogP contribution >= 0.6 is 11.6 Å². The maximum atomic E-state index is 15.0. The van der Waals surface area contributed by atoms with Gasteiger partial charge in [-0.25, -0.2) is 4.39 Å². The maximum absolute atomic E-state index is 15.0. The second-order valence-corrected chi connectivity index (χ2v) is 11.1. The lowest BCUT2D eigenvalue weighted by Gasteiger charge is -2.41. The van der Waals surface area contributed by atoms with Crippen molar-refractivity contribution in [3.05, 3.63) is 64.8 Å². The minimum atomic E-state index is -0.918. The van der Waals surface area contributed by atoms with E-state index in [0.29, 0.717) is 30.3 Å². The highest BCUT2D eigenvalue weighted by molar-refractivity contribution is 6.30. The Bertz CT molecular complexity index is 1270. The Kier molecular flexibility index (Phi) is 6.97. The van der Waals surface area contributed by atoms with E-state index in [0.717, 1.165) is 61.3 Å². The highest BCUT2D eigenvalue weighted by Gasteiger charge is 2.43. The van der Waals surface area contributed by atoms with E-state index in [1.807, 2.05) is 42.5 Å². The topological polar surface area (TPSA) is 49.7 Å². The van der Waals surface area contributed by atoms with Gasteiger partial charge < -0.3 is 19.5 Å². The molecule has 6 rings (SSSR count). The molecule has 2 fully saturated rings. The summed E-state index contributed by atoms with van der Waals surface area (Å²) >= 11 is 6.14. The number of fused-ring (bicyclic) bond motifs is 3. The molecule has 37 heavy (non-hydrogen) atoms. The van der Waals surface area contributed by atoms with Gasteiger partial charge in [-0.15, -0.1) is 0 Å². The molecule has 0 spiro atoms. The second kappa shape index (κ2) is 10.4. The van der Waals surface area contributed by atoms with Crippen LogP contribution < -0.4 is 10.1 Å². The average molecular weight is 525 g/mol. The van der Waals surface area contributed by atoms with Crippen molar-refractivity contribution in [2.75, 3.05) is 46.3 Å². The van der Waals surface area contributed by atoms with Crippen LogP contribution in [0, 0.1) is 5.92 Å². The number of ketones is 1. The molecule has 4 atom stereocenters. The first-order chi connectivity index (χ1) is 18.0. The first-order valence-electron chi connectivity index (χ1n) is 13.3. The molecule has 6 nitrogen and oxygen atoms in total. The summed E-state index contributed by atoms with van der Waals surface area (Å²) in [7, 11) is 2.12. The number of carbonyl (C=O) groups excluding carboxylic acids is 1. The smallest absolute Gasteiger partial charge is 0.182 e. The number of halogens is 2. The molecular weight excluding hydrogens is 491 g/mol. The Morgan fingerprint density at radius 2 is 1.84 bits per heavy atom. The maximum Gasteiger partial charge on any atom is 0.182 e. The fourth-order valence-electron chi connectivity index (χ4n) is 6.25. The van der Waals surface area contributed by atoms with Gasteiger partial charge in [0.25, 0.3) is 0 Å². The number of nitrogens with zero attached hydrogens (tertiary/aromatic N) is 3. The zero-order valence-electron chi connectivity index (χ0n) is 21.2. The lowest BCUT2D eigenvalue weighted by atomic mass is 9.86. The standard InChI is InChI=1S/C29H34ClFN4O2/c1-33-12-14-34(15-13-33)25-16-26(37-21-8-6-20(30)7-9-21)28-27(29(25)36)22-4-2-3-5-24(22)35(28)18-19-10-11-32-17-23(19)31/h2-9,19,23,25-26,32H,10-18H2,1H3/t19-,23+,25?,26-/m1/s1. The molecule has 1 aliphatic carbocycles. The quantitative estimate of drug-likeness (QED) is 0.530. The molecule has 8 heteroatoms. The van der Waals surface area contributed by atoms with E-state index in [4.69, 9.17) is 16.3 Å². The fourth-order valence-corrected chi connectivity index (χ4v) is 6.37. The number of para-hydroxylation sites is 1. The number of rotatable bonds is 5. The lowest BCUT2D eigenvalue weighted by molar-refractivity contribution is 0.0496. The van der Waals surface area contributed by atoms with Crippen molar-refractivity contribution in [1.82, 2.24) is 19.7 Å². The molecule has 1 aromatic heterocycles. The molecule has 196 valence electrons. The number of benzene rings is 2. The molecule has 2 saturated heterocycles. The number of piperidine rings is 1. The van der Waals surface area contributed by atoms with Crippen molar-refractivity contribution in [3.8, 4) is 5.75 Å². The second-order valence-electron chi connectivity index (χ2n) is 10.7. The molecule has 3 aromatic rings. The molecule has 0 saturated carbocycles. The van der Waals surface area contributed by atoms with Crippen molar-refractivity contribution >= 4 is 28.3 Å². The molecule has 1 N–H and O–H groups in total. The molecule has 2 aliphatic heterocycles. The summed E-state index contributed by atoms with van der Waals surface area (Å²) in [5.74, 6) is 0.768. The van der Waals surface area contributed by atoms with Crippen LogP contribution in [0.5, 0.6) is 5.75 Å². The van der Waals surface area contributed by atoms with Gasteiger partial charge in [-0.2, -0.15) is 0 Å². The predicted molar refractivity (Wildman–Crippen MR) is 144 cm³/mol. The van der Waals surface area contributed by atoms with Crippen molar-refractivity contribution < 1.29 is 13.9 Å². The largest absolute Gasteiger partial charge is 0.484 e. The lowest BCUT2D eigenvalue weighted by Crippen LogP contribution is -2.53. The Morgan fingerprint density at radius 1 is 1.08 bits per heavy atom. The summed E-state index contributed by atoms with van der Waals surface area (Å²) in [5.41, 5.74) is 2.61. The number of hydrogen-bond acceptors (Lipinski definition) is 5. The Labute approximate surface area is 222 Å². The van der Waals surface area contributed by atoms with E-state index >= 15 is 0 Å². The number of aromatic nitrogens is 1. The molecule has 1 unspecified atom stereocenters. The molecule has 2 aromatic carbocycles. The van der Waals surface area contributed by atoms with Crippen LogP contribution in [-0.4, -0.2) is 78.7 Å². The molecule has 3 heterocycles. The Balaban J connectivity index is 1.45. The number of nitrogens with one attached hydrogen (secondary N) is 1. The molecule has 0 amide bonds. The van der Waals surface area contributed by atoms with E-state index in [9.17, 15) is 9.18 Å². The fraction of sp³-hybridized carbons (Fsp3) is 0.483. The summed E-state index contributed by atoms with van der Waals surface area (Å²) in [6.45, 7) is 5.30. The van der Waals surface area contributed by atoms with Gasteiger partial charge in [-0.3, -0.25) is 9.69 Å². The first-order valence-corrected chi connectivity index (χ1v) is 13.7. The predicted octanol–water partition coefficient (Wildman–Crippen LogP) is 4.56. The number of alkyl halides is 1. The van der Waals surface area contributed by atoms with Crippen LogP contribution in [0.25, 0.3) is 10.9 Å². The third kappa shape index (κ3) is 4.78. The minimum Gasteiger partial charge on any atom is -0.484 e. The van der Waals surface area contributed by atoms with E-state index in [-0.39, 0.29) is 23.8 Å². The molecule has 3 aliphatic rings. The number of likely N-dealkylation sites (N-methyl/N-ethyl adjacent to an activating group) is 1. The van der Waals surface area contributed by atoms with E-state index in [1.165, 1.54) is 0 Å². The minimum absolute atomic E-state index is 0.109. The zero-order chi connectivity index (χ0) is 25.5. The van der Waals surface area contributed by atoms with Gasteiger partial charge in [0.2, 0.25) is 0 Å². The molecule has 0 radical (unpaired) electrons. The van der Waals surface area contributed by atoms with Gasteiger partial charge in [0.15, 0.2) is 5.78 Å². The number of ether oxygens (including phenoxy) is 1. The van der Waals surface area contributed by atoms with Gasteiger partial charge in [0, 0.05) is 67.5 Å². The van der Waals surface area contributed by atoms with Crippen molar-refractivity contribution in [3.63, 3.8) is 0 Å². The highest BCUT2D eigenvalue weighted by Crippen LogP contribution is 2.42. The summed E-state index contributed by atoms with van der Waals surface area (Å²) < 4.78 is 23.8. The summed E-state index contributed by atoms with van der Waals surface area (Å²) in [6, 6.07) is 15.2. The van der Waals surface area contributed by atoms with Crippen LogP contribution in [-0.2, 0) is 6.54 Å². The first kappa shape index (κ1) is 24.9. The molecule has 0 bridgehead atoms. The van der Waals surface area contributed by atoms with Crippen LogP contribution in [0.1, 0.15) is 35.0 Å². The van der Waals surface area contributed by atoms with Crippen molar-refractivity contribution in [2.24, 2.45) is 5.92 Å². The Hall–Kier alpha value is -2.45. The van der Waals surface area contributed by atoms with E-state index in [1.54, 1.807) is 0 Å². The van der Waals surface area contributed by atoms with Crippen LogP contribution in [0.2, 0.25) is 5.02 Å². The van der Waals surface area contributed by atoms with Gasteiger partial charge >= 0.3 is 0 Å². The number of Topliss-reactive ketones (excluding diaryl/α,β-unsaturated/α-hetero) is 1. The van der Waals surface area contributed by atoms with Crippen LogP contribution in [0.15, 0.2) is 48.5 Å². The number of piperazine rings is 1.